The van der Waals surface area contributed by atoms with Gasteiger partial charge < -0.3 is 20.5 Å². The Morgan fingerprint density at radius 1 is 1.56 bits per heavy atom. The standard InChI is InChI=1S/C12H17FN2O3/c1-3-8(7-16)14-12(17)15-11-6-9(18-2)4-5-10(11)13/h4-6,8,16H,3,7H2,1-2H3,(H2,14,15,17). The number of amides is 2. The minimum Gasteiger partial charge on any atom is -0.497 e. The van der Waals surface area contributed by atoms with E-state index < -0.39 is 11.8 Å². The lowest BCUT2D eigenvalue weighted by Crippen LogP contribution is -2.39. The van der Waals surface area contributed by atoms with Gasteiger partial charge in [0.05, 0.1) is 25.4 Å². The summed E-state index contributed by atoms with van der Waals surface area (Å²) in [6, 6.07) is 3.13. The van der Waals surface area contributed by atoms with Gasteiger partial charge in [-0.3, -0.25) is 0 Å². The van der Waals surface area contributed by atoms with Gasteiger partial charge in [0.1, 0.15) is 11.6 Å². The number of carbonyl (C=O) groups excluding carboxylic acids is 1. The zero-order valence-corrected chi connectivity index (χ0v) is 10.4. The molecular weight excluding hydrogens is 239 g/mol. The van der Waals surface area contributed by atoms with Gasteiger partial charge in [-0.05, 0) is 18.6 Å². The van der Waals surface area contributed by atoms with Crippen LogP contribution in [0.25, 0.3) is 0 Å². The molecule has 1 aromatic rings. The number of aliphatic hydroxyl groups excluding tert-OH is 1. The number of rotatable bonds is 5. The highest BCUT2D eigenvalue weighted by Crippen LogP contribution is 2.20. The summed E-state index contributed by atoms with van der Waals surface area (Å²) in [5, 5.41) is 13.8. The van der Waals surface area contributed by atoms with E-state index in [-0.39, 0.29) is 18.3 Å². The van der Waals surface area contributed by atoms with Crippen molar-refractivity contribution in [3.63, 3.8) is 0 Å². The van der Waals surface area contributed by atoms with Crippen molar-refractivity contribution in [1.29, 1.82) is 0 Å². The fraction of sp³-hybridized carbons (Fsp3) is 0.417. The maximum atomic E-state index is 13.4. The molecule has 0 spiro atoms. The number of urea groups is 1. The summed E-state index contributed by atoms with van der Waals surface area (Å²) in [5.74, 6) is -0.108. The molecule has 1 rings (SSSR count). The lowest BCUT2D eigenvalue weighted by atomic mass is 10.2. The number of aliphatic hydroxyl groups is 1. The molecule has 0 saturated heterocycles. The van der Waals surface area contributed by atoms with Gasteiger partial charge in [0.2, 0.25) is 0 Å². The van der Waals surface area contributed by atoms with Gasteiger partial charge in [-0.1, -0.05) is 6.92 Å². The number of ether oxygens (including phenoxy) is 1. The molecule has 1 atom stereocenters. The Bertz CT molecular complexity index is 408. The zero-order chi connectivity index (χ0) is 13.5. The number of halogens is 1. The van der Waals surface area contributed by atoms with Crippen molar-refractivity contribution in [2.75, 3.05) is 19.0 Å². The summed E-state index contributed by atoms with van der Waals surface area (Å²) in [4.78, 5) is 11.6. The average molecular weight is 256 g/mol. The monoisotopic (exact) mass is 256 g/mol. The number of anilines is 1. The number of hydrogen-bond acceptors (Lipinski definition) is 3. The van der Waals surface area contributed by atoms with Crippen LogP contribution in [-0.4, -0.2) is 30.9 Å². The van der Waals surface area contributed by atoms with Crippen LogP contribution >= 0.6 is 0 Å². The van der Waals surface area contributed by atoms with Crippen LogP contribution in [-0.2, 0) is 0 Å². The van der Waals surface area contributed by atoms with E-state index >= 15 is 0 Å². The Balaban J connectivity index is 2.69. The number of benzene rings is 1. The molecule has 1 unspecified atom stereocenters. The van der Waals surface area contributed by atoms with E-state index in [1.165, 1.54) is 25.3 Å². The van der Waals surface area contributed by atoms with Crippen LogP contribution in [0.2, 0.25) is 0 Å². The second-order valence-corrected chi connectivity index (χ2v) is 3.73. The van der Waals surface area contributed by atoms with Gasteiger partial charge in [0.15, 0.2) is 0 Å². The Morgan fingerprint density at radius 3 is 2.83 bits per heavy atom. The van der Waals surface area contributed by atoms with Gasteiger partial charge >= 0.3 is 6.03 Å². The fourth-order valence-corrected chi connectivity index (χ4v) is 1.35. The van der Waals surface area contributed by atoms with Gasteiger partial charge in [-0.25, -0.2) is 9.18 Å². The van der Waals surface area contributed by atoms with Gasteiger partial charge in [0.25, 0.3) is 0 Å². The highest BCUT2D eigenvalue weighted by Gasteiger charge is 2.11. The van der Waals surface area contributed by atoms with E-state index in [0.29, 0.717) is 12.2 Å². The van der Waals surface area contributed by atoms with Crippen molar-refractivity contribution in [3.8, 4) is 5.75 Å². The molecule has 0 aromatic heterocycles. The lowest BCUT2D eigenvalue weighted by Gasteiger charge is -2.15. The quantitative estimate of drug-likeness (QED) is 0.751. The molecule has 0 bridgehead atoms. The molecule has 0 heterocycles. The summed E-state index contributed by atoms with van der Waals surface area (Å²) >= 11 is 0. The SMILES string of the molecule is CCC(CO)NC(=O)Nc1cc(OC)ccc1F. The molecule has 2 amide bonds. The predicted octanol–water partition coefficient (Wildman–Crippen LogP) is 1.73. The van der Waals surface area contributed by atoms with Crippen LogP contribution in [0.4, 0.5) is 14.9 Å². The summed E-state index contributed by atoms with van der Waals surface area (Å²) < 4.78 is 18.4. The van der Waals surface area contributed by atoms with Crippen LogP contribution in [0.1, 0.15) is 13.3 Å². The van der Waals surface area contributed by atoms with Gasteiger partial charge in [-0.2, -0.15) is 0 Å². The molecule has 18 heavy (non-hydrogen) atoms. The Hall–Kier alpha value is -1.82. The van der Waals surface area contributed by atoms with Gasteiger partial charge in [-0.15, -0.1) is 0 Å². The second kappa shape index (κ2) is 6.80. The molecule has 0 aliphatic rings. The summed E-state index contributed by atoms with van der Waals surface area (Å²) in [5.41, 5.74) is 0.0274. The molecule has 0 radical (unpaired) electrons. The highest BCUT2D eigenvalue weighted by molar-refractivity contribution is 5.89. The van der Waals surface area contributed by atoms with Crippen molar-refractivity contribution in [2.45, 2.75) is 19.4 Å². The van der Waals surface area contributed by atoms with Crippen molar-refractivity contribution >= 4 is 11.7 Å². The fourth-order valence-electron chi connectivity index (χ4n) is 1.35. The van der Waals surface area contributed by atoms with Crippen LogP contribution < -0.4 is 15.4 Å². The third kappa shape index (κ3) is 3.89. The molecule has 0 aliphatic heterocycles. The molecule has 1 aromatic carbocycles. The van der Waals surface area contributed by atoms with E-state index in [0.717, 1.165) is 0 Å². The third-order valence-corrected chi connectivity index (χ3v) is 2.47. The van der Waals surface area contributed by atoms with E-state index in [1.54, 1.807) is 0 Å². The van der Waals surface area contributed by atoms with E-state index in [1.807, 2.05) is 6.92 Å². The van der Waals surface area contributed by atoms with E-state index in [9.17, 15) is 9.18 Å². The molecule has 0 aliphatic carbocycles. The first kappa shape index (κ1) is 14.2. The van der Waals surface area contributed by atoms with Crippen molar-refractivity contribution in [2.24, 2.45) is 0 Å². The lowest BCUT2D eigenvalue weighted by molar-refractivity contribution is 0.222. The van der Waals surface area contributed by atoms with Crippen LogP contribution in [0, 0.1) is 5.82 Å². The average Bonchev–Trinajstić information content (AvgIpc) is 2.38. The minimum absolute atomic E-state index is 0.0274. The van der Waals surface area contributed by atoms with Crippen molar-refractivity contribution < 1.29 is 19.0 Å². The normalized spacial score (nSPS) is 11.8. The zero-order valence-electron chi connectivity index (χ0n) is 10.4. The number of nitrogens with one attached hydrogen (secondary N) is 2. The Morgan fingerprint density at radius 2 is 2.28 bits per heavy atom. The summed E-state index contributed by atoms with van der Waals surface area (Å²) in [6.07, 6.45) is 0.588. The largest absolute Gasteiger partial charge is 0.497 e. The molecule has 6 heteroatoms. The molecule has 0 fully saturated rings. The topological polar surface area (TPSA) is 70.6 Å². The van der Waals surface area contributed by atoms with E-state index in [2.05, 4.69) is 10.6 Å². The first-order chi connectivity index (χ1) is 8.60. The minimum atomic E-state index is -0.567. The molecule has 100 valence electrons. The van der Waals surface area contributed by atoms with Crippen LogP contribution in [0.5, 0.6) is 5.75 Å². The van der Waals surface area contributed by atoms with Crippen LogP contribution in [0.3, 0.4) is 0 Å². The number of methoxy groups -OCH3 is 1. The third-order valence-electron chi connectivity index (χ3n) is 2.47. The molecule has 5 nitrogen and oxygen atoms in total. The predicted molar refractivity (Wildman–Crippen MR) is 66.3 cm³/mol. The van der Waals surface area contributed by atoms with E-state index in [4.69, 9.17) is 9.84 Å². The first-order valence-electron chi connectivity index (χ1n) is 5.62. The second-order valence-electron chi connectivity index (χ2n) is 3.73. The maximum absolute atomic E-state index is 13.4. The molecular formula is C12H17FN2O3. The highest BCUT2D eigenvalue weighted by atomic mass is 19.1. The van der Waals surface area contributed by atoms with Crippen molar-refractivity contribution in [1.82, 2.24) is 5.32 Å². The first-order valence-corrected chi connectivity index (χ1v) is 5.62. The molecule has 0 saturated carbocycles. The summed E-state index contributed by atoms with van der Waals surface area (Å²) in [6.45, 7) is 1.66. The van der Waals surface area contributed by atoms with Crippen molar-refractivity contribution in [3.05, 3.63) is 24.0 Å². The summed E-state index contributed by atoms with van der Waals surface area (Å²) in [7, 11) is 1.45. The number of hydrogen-bond donors (Lipinski definition) is 3. The number of carbonyl (C=O) groups is 1. The smallest absolute Gasteiger partial charge is 0.319 e. The Labute approximate surface area is 105 Å². The van der Waals surface area contributed by atoms with Crippen LogP contribution in [0.15, 0.2) is 18.2 Å². The molecule has 3 N–H and O–H groups in total. The maximum Gasteiger partial charge on any atom is 0.319 e. The Kier molecular flexibility index (Phi) is 5.38. The van der Waals surface area contributed by atoms with Gasteiger partial charge in [0, 0.05) is 6.07 Å².